The van der Waals surface area contributed by atoms with Gasteiger partial charge in [-0.3, -0.25) is 9.10 Å². The molecule has 0 saturated heterocycles. The molecule has 1 atom stereocenters. The van der Waals surface area contributed by atoms with Crippen molar-refractivity contribution in [2.45, 2.75) is 24.8 Å². The summed E-state index contributed by atoms with van der Waals surface area (Å²) in [4.78, 5) is 12.8. The number of hydrogen-bond acceptors (Lipinski definition) is 4. The van der Waals surface area contributed by atoms with E-state index in [1.54, 1.807) is 25.1 Å². The molecule has 33 heavy (non-hydrogen) atoms. The van der Waals surface area contributed by atoms with Crippen LogP contribution in [0.15, 0.2) is 77.7 Å². The van der Waals surface area contributed by atoms with Crippen LogP contribution in [-0.2, 0) is 14.8 Å². The van der Waals surface area contributed by atoms with Gasteiger partial charge in [0.25, 0.3) is 10.0 Å². The first kappa shape index (κ1) is 24.9. The van der Waals surface area contributed by atoms with Crippen LogP contribution in [-0.4, -0.2) is 33.5 Å². The maximum absolute atomic E-state index is 13.3. The van der Waals surface area contributed by atoms with Crippen molar-refractivity contribution in [2.24, 2.45) is 0 Å². The molecule has 0 aliphatic carbocycles. The second-order valence-electron chi connectivity index (χ2n) is 7.52. The number of rotatable bonds is 9. The Morgan fingerprint density at radius 2 is 1.67 bits per heavy atom. The quantitative estimate of drug-likeness (QED) is 0.438. The van der Waals surface area contributed by atoms with Crippen LogP contribution in [0.4, 0.5) is 5.69 Å². The Kier molecular flexibility index (Phi) is 8.24. The van der Waals surface area contributed by atoms with E-state index >= 15 is 0 Å². The van der Waals surface area contributed by atoms with Crippen LogP contribution in [0.1, 0.15) is 12.5 Å². The number of sulfonamides is 1. The molecule has 0 aliphatic rings. The van der Waals surface area contributed by atoms with E-state index in [1.165, 1.54) is 30.3 Å². The minimum atomic E-state index is -4.03. The van der Waals surface area contributed by atoms with E-state index in [-0.39, 0.29) is 33.3 Å². The number of nitrogens with one attached hydrogen (secondary N) is 1. The molecule has 1 amide bonds. The summed E-state index contributed by atoms with van der Waals surface area (Å²) in [5, 5.41) is 3.25. The summed E-state index contributed by atoms with van der Waals surface area (Å²) in [7, 11) is -4.03. The average molecular weight is 507 g/mol. The van der Waals surface area contributed by atoms with Crippen molar-refractivity contribution in [3.63, 3.8) is 0 Å². The van der Waals surface area contributed by atoms with E-state index in [4.69, 9.17) is 27.9 Å². The predicted octanol–water partition coefficient (Wildman–Crippen LogP) is 5.08. The molecule has 0 aliphatic heterocycles. The lowest BCUT2D eigenvalue weighted by Gasteiger charge is -2.25. The Hall–Kier alpha value is -2.74. The standard InChI is InChI=1S/C24H24Cl2N2O4S/c1-17-8-11-20(12-9-17)32-16-18(2)27-24(29)15-28(19-10-13-22(25)23(26)14-19)33(30,31)21-6-4-3-5-7-21/h3-14,18H,15-16H2,1-2H3,(H,27,29). The number of anilines is 1. The molecule has 1 unspecified atom stereocenters. The molecule has 0 aromatic heterocycles. The highest BCUT2D eigenvalue weighted by molar-refractivity contribution is 7.92. The number of nitrogens with zero attached hydrogens (tertiary/aromatic N) is 1. The largest absolute Gasteiger partial charge is 0.491 e. The number of carbonyl (C=O) groups excluding carboxylic acids is 1. The van der Waals surface area contributed by atoms with Crippen LogP contribution < -0.4 is 14.4 Å². The van der Waals surface area contributed by atoms with Crippen LogP contribution in [0, 0.1) is 6.92 Å². The highest BCUT2D eigenvalue weighted by Crippen LogP contribution is 2.30. The molecule has 174 valence electrons. The van der Waals surface area contributed by atoms with Gasteiger partial charge < -0.3 is 10.1 Å². The first-order valence-electron chi connectivity index (χ1n) is 10.2. The number of ether oxygens (including phenoxy) is 1. The molecule has 0 radical (unpaired) electrons. The summed E-state index contributed by atoms with van der Waals surface area (Å²) in [6.07, 6.45) is 0. The van der Waals surface area contributed by atoms with Crippen molar-refractivity contribution in [3.8, 4) is 5.75 Å². The monoisotopic (exact) mass is 506 g/mol. The minimum Gasteiger partial charge on any atom is -0.491 e. The molecule has 0 heterocycles. The molecule has 0 fully saturated rings. The number of aryl methyl sites for hydroxylation is 1. The van der Waals surface area contributed by atoms with Gasteiger partial charge in [-0.1, -0.05) is 59.1 Å². The Morgan fingerprint density at radius 1 is 1.00 bits per heavy atom. The summed E-state index contributed by atoms with van der Waals surface area (Å²) in [6.45, 7) is 3.55. The molecule has 3 aromatic carbocycles. The van der Waals surface area contributed by atoms with Crippen molar-refractivity contribution in [1.29, 1.82) is 0 Å². The predicted molar refractivity (Wildman–Crippen MR) is 132 cm³/mol. The second kappa shape index (κ2) is 10.9. The summed E-state index contributed by atoms with van der Waals surface area (Å²) in [5.41, 5.74) is 1.35. The lowest BCUT2D eigenvalue weighted by Crippen LogP contribution is -2.45. The van der Waals surface area contributed by atoms with Gasteiger partial charge in [0.2, 0.25) is 5.91 Å². The topological polar surface area (TPSA) is 75.7 Å². The van der Waals surface area contributed by atoms with Crippen molar-refractivity contribution in [1.82, 2.24) is 5.32 Å². The van der Waals surface area contributed by atoms with Crippen LogP contribution in [0.2, 0.25) is 10.0 Å². The van der Waals surface area contributed by atoms with Gasteiger partial charge in [-0.2, -0.15) is 0 Å². The van der Waals surface area contributed by atoms with E-state index in [9.17, 15) is 13.2 Å². The third kappa shape index (κ3) is 6.63. The van der Waals surface area contributed by atoms with Gasteiger partial charge in [-0.05, 0) is 56.3 Å². The van der Waals surface area contributed by atoms with Gasteiger partial charge in [-0.15, -0.1) is 0 Å². The van der Waals surface area contributed by atoms with Crippen LogP contribution in [0.5, 0.6) is 5.75 Å². The van der Waals surface area contributed by atoms with E-state index in [1.807, 2.05) is 31.2 Å². The number of hydrogen-bond donors (Lipinski definition) is 1. The Morgan fingerprint density at radius 3 is 2.30 bits per heavy atom. The molecule has 0 bridgehead atoms. The molecule has 0 saturated carbocycles. The Labute approximate surface area is 204 Å². The lowest BCUT2D eigenvalue weighted by molar-refractivity contribution is -0.120. The number of amides is 1. The van der Waals surface area contributed by atoms with Crippen LogP contribution in [0.3, 0.4) is 0 Å². The zero-order valence-electron chi connectivity index (χ0n) is 18.2. The summed E-state index contributed by atoms with van der Waals surface area (Å²) >= 11 is 12.1. The molecule has 3 rings (SSSR count). The highest BCUT2D eigenvalue weighted by atomic mass is 35.5. The normalized spacial score (nSPS) is 12.1. The average Bonchev–Trinajstić information content (AvgIpc) is 2.79. The maximum Gasteiger partial charge on any atom is 0.264 e. The Balaban J connectivity index is 1.75. The second-order valence-corrected chi connectivity index (χ2v) is 10.2. The molecule has 0 spiro atoms. The molecular weight excluding hydrogens is 483 g/mol. The fourth-order valence-electron chi connectivity index (χ4n) is 3.02. The van der Waals surface area contributed by atoms with Gasteiger partial charge in [0.1, 0.15) is 18.9 Å². The fraction of sp³-hybridized carbons (Fsp3) is 0.208. The van der Waals surface area contributed by atoms with Gasteiger partial charge >= 0.3 is 0 Å². The third-order valence-corrected chi connectivity index (χ3v) is 7.27. The van der Waals surface area contributed by atoms with E-state index in [0.717, 1.165) is 9.87 Å². The highest BCUT2D eigenvalue weighted by Gasteiger charge is 2.28. The lowest BCUT2D eigenvalue weighted by atomic mass is 10.2. The SMILES string of the molecule is Cc1ccc(OCC(C)NC(=O)CN(c2ccc(Cl)c(Cl)c2)S(=O)(=O)c2ccccc2)cc1. The molecule has 3 aromatic rings. The van der Waals surface area contributed by atoms with Gasteiger partial charge in [0, 0.05) is 0 Å². The minimum absolute atomic E-state index is 0.0552. The van der Waals surface area contributed by atoms with Gasteiger partial charge in [-0.25, -0.2) is 8.42 Å². The number of carbonyl (C=O) groups is 1. The van der Waals surface area contributed by atoms with Crippen molar-refractivity contribution >= 4 is 44.8 Å². The van der Waals surface area contributed by atoms with Crippen molar-refractivity contribution in [2.75, 3.05) is 17.5 Å². The molecule has 1 N–H and O–H groups in total. The molecule has 9 heteroatoms. The number of benzene rings is 3. The van der Waals surface area contributed by atoms with Gasteiger partial charge in [0.05, 0.1) is 26.7 Å². The maximum atomic E-state index is 13.3. The zero-order valence-corrected chi connectivity index (χ0v) is 20.5. The summed E-state index contributed by atoms with van der Waals surface area (Å²) in [6, 6.07) is 19.5. The van der Waals surface area contributed by atoms with Crippen molar-refractivity contribution < 1.29 is 17.9 Å². The molecule has 6 nitrogen and oxygen atoms in total. The first-order valence-corrected chi connectivity index (χ1v) is 12.4. The smallest absolute Gasteiger partial charge is 0.264 e. The third-order valence-electron chi connectivity index (χ3n) is 4.74. The molecular formula is C24H24Cl2N2O4S. The Bertz CT molecular complexity index is 1200. The van der Waals surface area contributed by atoms with Crippen molar-refractivity contribution in [3.05, 3.63) is 88.4 Å². The first-order chi connectivity index (χ1) is 15.7. The van der Waals surface area contributed by atoms with Gasteiger partial charge in [0.15, 0.2) is 0 Å². The van der Waals surface area contributed by atoms with E-state index in [0.29, 0.717) is 5.75 Å². The number of halogens is 2. The fourth-order valence-corrected chi connectivity index (χ4v) is 4.75. The van der Waals surface area contributed by atoms with E-state index in [2.05, 4.69) is 5.32 Å². The summed E-state index contributed by atoms with van der Waals surface area (Å²) in [5.74, 6) is 0.200. The van der Waals surface area contributed by atoms with Crippen LogP contribution >= 0.6 is 23.2 Å². The van der Waals surface area contributed by atoms with Crippen LogP contribution in [0.25, 0.3) is 0 Å². The van der Waals surface area contributed by atoms with E-state index < -0.39 is 22.5 Å². The summed E-state index contributed by atoms with van der Waals surface area (Å²) < 4.78 is 33.4. The zero-order chi connectivity index (χ0) is 24.0.